The van der Waals surface area contributed by atoms with Gasteiger partial charge in [-0.05, 0) is 45.1 Å². The summed E-state index contributed by atoms with van der Waals surface area (Å²) in [7, 11) is 10.1. The first kappa shape index (κ1) is 32.8. The van der Waals surface area contributed by atoms with Crippen molar-refractivity contribution in [3.63, 3.8) is 0 Å². The molecule has 0 bridgehead atoms. The van der Waals surface area contributed by atoms with Crippen molar-refractivity contribution < 1.29 is 56.0 Å². The van der Waals surface area contributed by atoms with Gasteiger partial charge in [0.2, 0.25) is 0 Å². The van der Waals surface area contributed by atoms with E-state index in [4.69, 9.17) is 23.3 Å². The standard InChI is InChI=1S/C21H42O5P5.Y/c1-6-16(26-27)11-20-21(22-5)15(4)19(25-20)12-18-14(3)13(2)10-17(24-18)8-7-9-23-31(29)30-28;/h13,15-21,30H,3-4,6-12,27-29H2,1-2,5H3;/q-1;/t13-,15+,16-,17+,18-,19?,20-,21-,31?;/m1./s1. The summed E-state index contributed by atoms with van der Waals surface area (Å²) >= 11 is 0. The molecule has 2 heterocycles. The Morgan fingerprint density at radius 3 is 2.66 bits per heavy atom. The Morgan fingerprint density at radius 1 is 1.34 bits per heavy atom. The summed E-state index contributed by atoms with van der Waals surface area (Å²) in [6.45, 7) is 13.9. The van der Waals surface area contributed by atoms with Crippen LogP contribution in [-0.2, 0) is 56.0 Å². The van der Waals surface area contributed by atoms with E-state index in [1.807, 2.05) is 0 Å². The normalized spacial score (nSPS) is 35.2. The number of rotatable bonds is 13. The molecular formula is C21H42O5P5Y-. The van der Waals surface area contributed by atoms with Crippen molar-refractivity contribution in [1.82, 2.24) is 0 Å². The Kier molecular flexibility index (Phi) is 17.8. The Bertz CT molecular complexity index is 545. The predicted molar refractivity (Wildman–Crippen MR) is 144 cm³/mol. The molecule has 5 nitrogen and oxygen atoms in total. The summed E-state index contributed by atoms with van der Waals surface area (Å²) in [5, 5.41) is 0. The van der Waals surface area contributed by atoms with Crippen molar-refractivity contribution in [3.05, 3.63) is 19.1 Å². The molecule has 0 N–H and O–H groups in total. The molecule has 0 aromatic heterocycles. The first-order valence-corrected chi connectivity index (χ1v) is 18.2. The van der Waals surface area contributed by atoms with Crippen molar-refractivity contribution in [2.75, 3.05) is 13.7 Å². The second kappa shape index (κ2) is 17.3. The van der Waals surface area contributed by atoms with Gasteiger partial charge in [0.05, 0.1) is 44.7 Å². The fourth-order valence-corrected chi connectivity index (χ4v) is 6.76. The first-order valence-electron chi connectivity index (χ1n) is 11.2. The van der Waals surface area contributed by atoms with E-state index < -0.39 is 0 Å². The van der Waals surface area contributed by atoms with Crippen molar-refractivity contribution in [2.45, 2.75) is 89.0 Å². The van der Waals surface area contributed by atoms with Crippen LogP contribution in [0.2, 0.25) is 0 Å². The number of ether oxygens (including phenoxy) is 3. The fraction of sp³-hybridized carbons (Fsp3) is 0.857. The van der Waals surface area contributed by atoms with Gasteiger partial charge in [0.25, 0.3) is 0 Å². The third-order valence-electron chi connectivity index (χ3n) is 6.52. The average molecular weight is 618 g/mol. The van der Waals surface area contributed by atoms with Gasteiger partial charge in [-0.2, -0.15) is 0 Å². The average Bonchev–Trinajstić information content (AvgIpc) is 3.06. The van der Waals surface area contributed by atoms with Crippen LogP contribution in [0.1, 0.15) is 52.4 Å². The zero-order valence-electron chi connectivity index (χ0n) is 19.8. The minimum atomic E-state index is -0.359. The Labute approximate surface area is 231 Å². The van der Waals surface area contributed by atoms with E-state index in [1.165, 1.54) is 5.57 Å². The van der Waals surface area contributed by atoms with Gasteiger partial charge in [0.15, 0.2) is 0 Å². The summed E-state index contributed by atoms with van der Waals surface area (Å²) in [5.41, 5.74) is 1.18. The number of hydrogen-bond acceptors (Lipinski definition) is 5. The van der Waals surface area contributed by atoms with Crippen LogP contribution in [0.15, 0.2) is 12.2 Å². The maximum Gasteiger partial charge on any atom is 0.0842 e. The van der Waals surface area contributed by atoms with Crippen molar-refractivity contribution in [3.8, 4) is 0 Å². The minimum absolute atomic E-state index is 0. The molecule has 6 unspecified atom stereocenters. The topological polar surface area (TPSA) is 46.2 Å². The smallest absolute Gasteiger partial charge is 0.0842 e. The molecule has 2 aliphatic rings. The Balaban J connectivity index is 0.00000512. The van der Waals surface area contributed by atoms with Crippen LogP contribution in [0.25, 0.3) is 0 Å². The first-order chi connectivity index (χ1) is 14.8. The molecule has 0 aromatic carbocycles. The van der Waals surface area contributed by atoms with E-state index >= 15 is 0 Å². The molecule has 11 heteroatoms. The predicted octanol–water partition coefficient (Wildman–Crippen LogP) is 6.30. The summed E-state index contributed by atoms with van der Waals surface area (Å²) in [6, 6.07) is 0. The summed E-state index contributed by atoms with van der Waals surface area (Å²) in [6.07, 6.45) is 5.96. The van der Waals surface area contributed by atoms with Crippen LogP contribution in [0.4, 0.5) is 0 Å². The Morgan fingerprint density at radius 2 is 2.06 bits per heavy atom. The van der Waals surface area contributed by atoms with Gasteiger partial charge in [-0.15, -0.1) is 14.8 Å². The van der Waals surface area contributed by atoms with E-state index in [1.54, 1.807) is 7.11 Å². The van der Waals surface area contributed by atoms with Crippen molar-refractivity contribution >= 4 is 42.8 Å². The summed E-state index contributed by atoms with van der Waals surface area (Å²) in [5.74, 6) is 0.511. The minimum Gasteiger partial charge on any atom is -0.381 e. The van der Waals surface area contributed by atoms with Crippen LogP contribution < -0.4 is 0 Å². The van der Waals surface area contributed by atoms with E-state index in [2.05, 4.69) is 54.7 Å². The van der Waals surface area contributed by atoms with E-state index in [9.17, 15) is 0 Å². The molecule has 2 rings (SSSR count). The summed E-state index contributed by atoms with van der Waals surface area (Å²) < 4.78 is 30.1. The zero-order valence-corrected chi connectivity index (χ0v) is 28.0. The summed E-state index contributed by atoms with van der Waals surface area (Å²) in [4.78, 5) is 0. The van der Waals surface area contributed by atoms with Gasteiger partial charge >= 0.3 is 0 Å². The van der Waals surface area contributed by atoms with Gasteiger partial charge in [0.1, 0.15) is 0 Å². The van der Waals surface area contributed by atoms with Gasteiger partial charge < -0.3 is 30.2 Å². The monoisotopic (exact) mass is 618 g/mol. The Hall–Kier alpha value is 2.79. The molecule has 2 fully saturated rings. The molecule has 13 atom stereocenters. The number of methoxy groups -OCH3 is 1. The molecule has 0 saturated carbocycles. The zero-order chi connectivity index (χ0) is 23.0. The maximum absolute atomic E-state index is 6.51. The largest absolute Gasteiger partial charge is 0.381 e. The van der Waals surface area contributed by atoms with E-state index in [0.29, 0.717) is 5.92 Å². The second-order valence-electron chi connectivity index (χ2n) is 8.60. The van der Waals surface area contributed by atoms with E-state index in [0.717, 1.165) is 53.1 Å². The quantitative estimate of drug-likeness (QED) is 0.105. The molecule has 2 saturated heterocycles. The maximum atomic E-state index is 6.51. The van der Waals surface area contributed by atoms with Crippen molar-refractivity contribution in [2.24, 2.45) is 11.8 Å². The molecule has 0 aliphatic carbocycles. The fourth-order valence-electron chi connectivity index (χ4n) is 4.57. The third kappa shape index (κ3) is 9.92. The van der Waals surface area contributed by atoms with Gasteiger partial charge in [0, 0.05) is 68.2 Å². The van der Waals surface area contributed by atoms with Crippen LogP contribution in [0.3, 0.4) is 0 Å². The molecule has 1 radical (unpaired) electrons. The van der Waals surface area contributed by atoms with Crippen LogP contribution in [-0.4, -0.2) is 50.3 Å². The van der Waals surface area contributed by atoms with Gasteiger partial charge in [-0.3, -0.25) is 0 Å². The molecule has 0 amide bonds. The van der Waals surface area contributed by atoms with Gasteiger partial charge in [-0.25, -0.2) is 0 Å². The third-order valence-corrected chi connectivity index (χ3v) is 15.5. The van der Waals surface area contributed by atoms with Crippen LogP contribution >= 0.6 is 42.8 Å². The molecule has 0 spiro atoms. The molecule has 32 heavy (non-hydrogen) atoms. The SMILES string of the molecule is C=C1[C@H](C)C[C@H](CCCOP(P)PP)O[C@@H]1CC1O[C@H](C[C@@H](CC)OP)[C@H](OC)[C@H]1[CH2-].[Y]. The van der Waals surface area contributed by atoms with Crippen LogP contribution in [0.5, 0.6) is 0 Å². The second-order valence-corrected chi connectivity index (χ2v) is 17.4. The van der Waals surface area contributed by atoms with E-state index in [-0.39, 0.29) is 82.8 Å². The van der Waals surface area contributed by atoms with Crippen molar-refractivity contribution in [1.29, 1.82) is 0 Å². The number of hydrogen-bond donors (Lipinski definition) is 0. The molecular weight excluding hydrogens is 576 g/mol. The molecule has 2 aliphatic heterocycles. The molecule has 0 aromatic rings. The van der Waals surface area contributed by atoms with Gasteiger partial charge in [-0.1, -0.05) is 29.4 Å². The molecule has 185 valence electrons. The van der Waals surface area contributed by atoms with Crippen LogP contribution in [0, 0.1) is 18.8 Å².